The Bertz CT molecular complexity index is 987. The molecule has 1 aliphatic rings. The van der Waals surface area contributed by atoms with Gasteiger partial charge in [0.25, 0.3) is 0 Å². The van der Waals surface area contributed by atoms with Crippen molar-refractivity contribution >= 4 is 46.2 Å². The first-order valence-electron chi connectivity index (χ1n) is 10.3. The van der Waals surface area contributed by atoms with Crippen molar-refractivity contribution in [3.8, 4) is 0 Å². The predicted molar refractivity (Wildman–Crippen MR) is 129 cm³/mol. The molecule has 1 atom stereocenters. The molecule has 0 bridgehead atoms. The lowest BCUT2D eigenvalue weighted by Crippen LogP contribution is -2.47. The van der Waals surface area contributed by atoms with Crippen molar-refractivity contribution in [2.24, 2.45) is 0 Å². The average Bonchev–Trinajstić information content (AvgIpc) is 3.27. The SMILES string of the molecule is CCN1C(=S)NC(c2ccc(NC(=O)Cc3cccs3)cc2)C(C(=O)OCCOC)=C1C. The number of carbonyl (C=O) groups excluding carboxylic acids is 2. The van der Waals surface area contributed by atoms with Gasteiger partial charge in [0.2, 0.25) is 5.91 Å². The summed E-state index contributed by atoms with van der Waals surface area (Å²) < 4.78 is 10.4. The largest absolute Gasteiger partial charge is 0.460 e. The van der Waals surface area contributed by atoms with Crippen molar-refractivity contribution in [2.75, 3.05) is 32.2 Å². The van der Waals surface area contributed by atoms with Crippen molar-refractivity contribution in [3.05, 3.63) is 63.5 Å². The van der Waals surface area contributed by atoms with Crippen molar-refractivity contribution in [1.82, 2.24) is 10.2 Å². The molecule has 0 radical (unpaired) electrons. The van der Waals surface area contributed by atoms with Crippen molar-refractivity contribution in [3.63, 3.8) is 0 Å². The zero-order chi connectivity index (χ0) is 23.1. The minimum Gasteiger partial charge on any atom is -0.460 e. The highest BCUT2D eigenvalue weighted by Gasteiger charge is 2.34. The van der Waals surface area contributed by atoms with Crippen molar-refractivity contribution in [2.45, 2.75) is 26.3 Å². The van der Waals surface area contributed by atoms with E-state index in [1.54, 1.807) is 18.4 Å². The maximum Gasteiger partial charge on any atom is 0.338 e. The molecule has 3 rings (SSSR count). The summed E-state index contributed by atoms with van der Waals surface area (Å²) in [6.45, 7) is 4.97. The highest BCUT2D eigenvalue weighted by Crippen LogP contribution is 2.32. The second kappa shape index (κ2) is 11.2. The third-order valence-corrected chi connectivity index (χ3v) is 6.31. The monoisotopic (exact) mass is 473 g/mol. The molecule has 170 valence electrons. The molecular formula is C23H27N3O4S2. The number of ether oxygens (including phenoxy) is 2. The molecule has 1 aromatic carbocycles. The molecule has 0 saturated carbocycles. The van der Waals surface area contributed by atoms with Crippen molar-refractivity contribution < 1.29 is 19.1 Å². The molecule has 0 spiro atoms. The Morgan fingerprint density at radius 2 is 1.97 bits per heavy atom. The van der Waals surface area contributed by atoms with Gasteiger partial charge in [-0.05, 0) is 55.2 Å². The molecule has 1 aliphatic heterocycles. The van der Waals surface area contributed by atoms with Gasteiger partial charge in [-0.15, -0.1) is 11.3 Å². The third-order valence-electron chi connectivity index (χ3n) is 5.10. The molecular weight excluding hydrogens is 446 g/mol. The van der Waals surface area contributed by atoms with Crippen LogP contribution in [-0.4, -0.2) is 48.8 Å². The minimum absolute atomic E-state index is 0.0751. The number of nitrogens with one attached hydrogen (secondary N) is 2. The lowest BCUT2D eigenvalue weighted by Gasteiger charge is -2.37. The van der Waals surface area contributed by atoms with Gasteiger partial charge in [0.05, 0.1) is 24.6 Å². The molecule has 1 aromatic heterocycles. The first kappa shape index (κ1) is 23.9. The molecule has 32 heavy (non-hydrogen) atoms. The number of thiophene rings is 1. The summed E-state index contributed by atoms with van der Waals surface area (Å²) >= 11 is 7.07. The minimum atomic E-state index is -0.448. The molecule has 9 heteroatoms. The molecule has 2 heterocycles. The van der Waals surface area contributed by atoms with E-state index in [9.17, 15) is 9.59 Å². The van der Waals surface area contributed by atoms with Gasteiger partial charge in [0.15, 0.2) is 5.11 Å². The Morgan fingerprint density at radius 3 is 2.59 bits per heavy atom. The van der Waals surface area contributed by atoms with Gasteiger partial charge in [0.1, 0.15) is 6.61 Å². The highest BCUT2D eigenvalue weighted by molar-refractivity contribution is 7.80. The second-order valence-electron chi connectivity index (χ2n) is 7.18. The Kier molecular flexibility index (Phi) is 8.38. The van der Waals surface area contributed by atoms with E-state index in [4.69, 9.17) is 21.7 Å². The van der Waals surface area contributed by atoms with E-state index in [1.165, 1.54) is 0 Å². The molecule has 2 N–H and O–H groups in total. The van der Waals surface area contributed by atoms with Crippen LogP contribution in [0.2, 0.25) is 0 Å². The average molecular weight is 474 g/mol. The Labute approximate surface area is 197 Å². The summed E-state index contributed by atoms with van der Waals surface area (Å²) in [6, 6.07) is 10.8. The number of allylic oxidation sites excluding steroid dienone is 1. The number of amides is 1. The zero-order valence-corrected chi connectivity index (χ0v) is 20.0. The Hall–Kier alpha value is -2.75. The number of methoxy groups -OCH3 is 1. The van der Waals surface area contributed by atoms with Crippen LogP contribution < -0.4 is 10.6 Å². The normalized spacial score (nSPS) is 16.0. The number of nitrogens with zero attached hydrogens (tertiary/aromatic N) is 1. The van der Waals surface area contributed by atoms with E-state index in [1.807, 2.05) is 60.5 Å². The van der Waals surface area contributed by atoms with Crippen LogP contribution in [0.3, 0.4) is 0 Å². The van der Waals surface area contributed by atoms with Crippen LogP contribution in [0.4, 0.5) is 5.69 Å². The van der Waals surface area contributed by atoms with Crippen LogP contribution in [0.15, 0.2) is 53.0 Å². The van der Waals surface area contributed by atoms with Gasteiger partial charge in [-0.1, -0.05) is 18.2 Å². The van der Waals surface area contributed by atoms with Crippen LogP contribution in [0.5, 0.6) is 0 Å². The van der Waals surface area contributed by atoms with Crippen LogP contribution in [0.25, 0.3) is 0 Å². The number of benzene rings is 1. The van der Waals surface area contributed by atoms with E-state index < -0.39 is 12.0 Å². The van der Waals surface area contributed by atoms with Gasteiger partial charge in [-0.25, -0.2) is 4.79 Å². The second-order valence-corrected chi connectivity index (χ2v) is 8.60. The van der Waals surface area contributed by atoms with Gasteiger partial charge in [0, 0.05) is 29.9 Å². The van der Waals surface area contributed by atoms with E-state index in [0.717, 1.165) is 16.1 Å². The fourth-order valence-corrected chi connectivity index (χ4v) is 4.59. The number of thiocarbonyl (C=S) groups is 1. The maximum atomic E-state index is 12.9. The molecule has 2 aromatic rings. The number of hydrogen-bond acceptors (Lipinski definition) is 6. The number of carbonyl (C=O) groups is 2. The Balaban J connectivity index is 1.78. The Morgan fingerprint density at radius 1 is 1.22 bits per heavy atom. The molecule has 1 amide bonds. The van der Waals surface area contributed by atoms with E-state index in [-0.39, 0.29) is 12.5 Å². The summed E-state index contributed by atoms with van der Waals surface area (Å²) in [7, 11) is 1.56. The van der Waals surface area contributed by atoms with E-state index in [0.29, 0.717) is 35.9 Å². The van der Waals surface area contributed by atoms with Crippen LogP contribution in [-0.2, 0) is 25.5 Å². The lowest BCUT2D eigenvalue weighted by molar-refractivity contribution is -0.140. The van der Waals surface area contributed by atoms with Gasteiger partial charge in [-0.2, -0.15) is 0 Å². The molecule has 0 aliphatic carbocycles. The number of esters is 1. The first-order chi connectivity index (χ1) is 15.4. The summed E-state index contributed by atoms with van der Waals surface area (Å²) in [6.07, 6.45) is 0.337. The van der Waals surface area contributed by atoms with Crippen LogP contribution in [0, 0.1) is 0 Å². The summed E-state index contributed by atoms with van der Waals surface area (Å²) in [5, 5.41) is 8.67. The van der Waals surface area contributed by atoms with Crippen molar-refractivity contribution in [1.29, 1.82) is 0 Å². The van der Waals surface area contributed by atoms with E-state index in [2.05, 4.69) is 10.6 Å². The summed E-state index contributed by atoms with van der Waals surface area (Å²) in [5.41, 5.74) is 2.80. The highest BCUT2D eigenvalue weighted by atomic mass is 32.1. The fraction of sp³-hybridized carbons (Fsp3) is 0.348. The predicted octanol–water partition coefficient (Wildman–Crippen LogP) is 3.64. The number of hydrogen-bond donors (Lipinski definition) is 2. The van der Waals surface area contributed by atoms with Crippen LogP contribution >= 0.6 is 23.6 Å². The fourth-order valence-electron chi connectivity index (χ4n) is 3.51. The lowest BCUT2D eigenvalue weighted by atomic mass is 9.95. The van der Waals surface area contributed by atoms with E-state index >= 15 is 0 Å². The van der Waals surface area contributed by atoms with Gasteiger partial charge < -0.3 is 25.0 Å². The molecule has 0 saturated heterocycles. The quantitative estimate of drug-likeness (QED) is 0.327. The number of anilines is 1. The molecule has 1 unspecified atom stereocenters. The molecule has 7 nitrogen and oxygen atoms in total. The van der Waals surface area contributed by atoms with Crippen LogP contribution in [0.1, 0.15) is 30.3 Å². The smallest absolute Gasteiger partial charge is 0.338 e. The summed E-state index contributed by atoms with van der Waals surface area (Å²) in [4.78, 5) is 28.1. The maximum absolute atomic E-state index is 12.9. The zero-order valence-electron chi connectivity index (χ0n) is 18.3. The molecule has 0 fully saturated rings. The standard InChI is InChI=1S/C23H27N3O4S2/c1-4-26-15(2)20(22(28)30-12-11-29-3)21(25-23(26)31)16-7-9-17(10-8-16)24-19(27)14-18-6-5-13-32-18/h5-10,13,21H,4,11-12,14H2,1-3H3,(H,24,27)(H,25,31). The van der Waals surface area contributed by atoms with Gasteiger partial charge >= 0.3 is 5.97 Å². The number of rotatable bonds is 9. The van der Waals surface area contributed by atoms with Gasteiger partial charge in [-0.3, -0.25) is 4.79 Å². The first-order valence-corrected chi connectivity index (χ1v) is 11.6. The summed E-state index contributed by atoms with van der Waals surface area (Å²) in [5.74, 6) is -0.486. The topological polar surface area (TPSA) is 79.9 Å². The third kappa shape index (κ3) is 5.73.